The number of benzene rings is 1. The molecular formula is C13H11ClN4O. The van der Waals surface area contributed by atoms with E-state index in [4.69, 9.17) is 22.1 Å². The number of nitrogens with zero attached hydrogens (tertiary/aromatic N) is 3. The van der Waals surface area contributed by atoms with E-state index in [1.165, 1.54) is 0 Å². The minimum Gasteiger partial charge on any atom is -0.434 e. The van der Waals surface area contributed by atoms with Gasteiger partial charge in [-0.15, -0.1) is 5.10 Å². The van der Waals surface area contributed by atoms with Gasteiger partial charge in [0.15, 0.2) is 5.75 Å². The van der Waals surface area contributed by atoms with Gasteiger partial charge >= 0.3 is 0 Å². The van der Waals surface area contributed by atoms with Crippen molar-refractivity contribution in [3.05, 3.63) is 40.0 Å². The molecule has 1 aromatic carbocycles. The van der Waals surface area contributed by atoms with Gasteiger partial charge in [-0.3, -0.25) is 0 Å². The number of hydrogen-bond acceptors (Lipinski definition) is 5. The van der Waals surface area contributed by atoms with Crippen LogP contribution in [0.1, 0.15) is 16.8 Å². The predicted molar refractivity (Wildman–Crippen MR) is 72.2 cm³/mol. The number of aryl methyl sites for hydroxylation is 1. The topological polar surface area (TPSA) is 84.8 Å². The fraction of sp³-hybridized carbons (Fsp3) is 0.154. The van der Waals surface area contributed by atoms with Gasteiger partial charge in [0.2, 0.25) is 0 Å². The Balaban J connectivity index is 2.47. The number of rotatable bonds is 2. The highest BCUT2D eigenvalue weighted by atomic mass is 35.5. The van der Waals surface area contributed by atoms with Crippen molar-refractivity contribution in [3.8, 4) is 17.7 Å². The largest absolute Gasteiger partial charge is 0.434 e. The summed E-state index contributed by atoms with van der Waals surface area (Å²) >= 11 is 5.88. The van der Waals surface area contributed by atoms with Gasteiger partial charge in [-0.1, -0.05) is 11.6 Å². The summed E-state index contributed by atoms with van der Waals surface area (Å²) in [6, 6.07) is 6.90. The molecule has 2 aromatic rings. The van der Waals surface area contributed by atoms with Crippen molar-refractivity contribution in [2.24, 2.45) is 0 Å². The summed E-state index contributed by atoms with van der Waals surface area (Å²) in [6.45, 7) is 3.57. The van der Waals surface area contributed by atoms with Crippen LogP contribution in [0.3, 0.4) is 0 Å². The standard InChI is InChI=1S/C13H11ClN4O/c1-7-8(2)17-18-13(10(7)6-15)19-12-5-9(14)3-4-11(12)16/h3-5H,16H2,1-2H3. The van der Waals surface area contributed by atoms with Crippen LogP contribution in [-0.2, 0) is 0 Å². The Morgan fingerprint density at radius 2 is 2.05 bits per heavy atom. The zero-order chi connectivity index (χ0) is 14.0. The molecule has 6 heteroatoms. The highest BCUT2D eigenvalue weighted by Gasteiger charge is 2.14. The Morgan fingerprint density at radius 3 is 2.74 bits per heavy atom. The second kappa shape index (κ2) is 5.12. The van der Waals surface area contributed by atoms with E-state index in [-0.39, 0.29) is 5.88 Å². The third kappa shape index (κ3) is 2.59. The highest BCUT2D eigenvalue weighted by molar-refractivity contribution is 6.30. The van der Waals surface area contributed by atoms with Crippen molar-refractivity contribution in [2.45, 2.75) is 13.8 Å². The van der Waals surface area contributed by atoms with Gasteiger partial charge in [0.1, 0.15) is 11.6 Å². The van der Waals surface area contributed by atoms with Gasteiger partial charge in [0, 0.05) is 11.1 Å². The monoisotopic (exact) mass is 274 g/mol. The molecule has 2 N–H and O–H groups in total. The van der Waals surface area contributed by atoms with Gasteiger partial charge in [0.25, 0.3) is 5.88 Å². The van der Waals surface area contributed by atoms with Crippen LogP contribution in [-0.4, -0.2) is 10.2 Å². The van der Waals surface area contributed by atoms with Gasteiger partial charge in [-0.2, -0.15) is 10.4 Å². The molecule has 2 rings (SSSR count). The van der Waals surface area contributed by atoms with Crippen LogP contribution >= 0.6 is 11.6 Å². The summed E-state index contributed by atoms with van der Waals surface area (Å²) in [5.74, 6) is 0.473. The average molecular weight is 275 g/mol. The summed E-state index contributed by atoms with van der Waals surface area (Å²) in [5, 5.41) is 17.5. The molecule has 19 heavy (non-hydrogen) atoms. The first-order chi connectivity index (χ1) is 9.02. The molecule has 5 nitrogen and oxygen atoms in total. The van der Waals surface area contributed by atoms with E-state index in [0.717, 1.165) is 5.56 Å². The molecule has 1 heterocycles. The Kier molecular flexibility index (Phi) is 3.54. The number of nitriles is 1. The fourth-order valence-corrected chi connectivity index (χ4v) is 1.65. The SMILES string of the molecule is Cc1nnc(Oc2cc(Cl)ccc2N)c(C#N)c1C. The lowest BCUT2D eigenvalue weighted by atomic mass is 10.1. The summed E-state index contributed by atoms with van der Waals surface area (Å²) in [7, 11) is 0. The molecule has 0 aliphatic heterocycles. The Labute approximate surface area is 115 Å². The fourth-order valence-electron chi connectivity index (χ4n) is 1.49. The van der Waals surface area contributed by atoms with Crippen molar-refractivity contribution in [1.29, 1.82) is 5.26 Å². The van der Waals surface area contributed by atoms with Crippen molar-refractivity contribution in [3.63, 3.8) is 0 Å². The van der Waals surface area contributed by atoms with E-state index in [2.05, 4.69) is 16.3 Å². The third-order valence-corrected chi connectivity index (χ3v) is 2.95. The minimum atomic E-state index is 0.125. The quantitative estimate of drug-likeness (QED) is 0.851. The second-order valence-electron chi connectivity index (χ2n) is 3.99. The number of aromatic nitrogens is 2. The summed E-state index contributed by atoms with van der Waals surface area (Å²) in [6.07, 6.45) is 0. The van der Waals surface area contributed by atoms with Crippen LogP contribution in [0.25, 0.3) is 0 Å². The lowest BCUT2D eigenvalue weighted by Gasteiger charge is -2.10. The molecule has 96 valence electrons. The van der Waals surface area contributed by atoms with Gasteiger partial charge in [0.05, 0.1) is 11.4 Å². The zero-order valence-corrected chi connectivity index (χ0v) is 11.2. The first-order valence-corrected chi connectivity index (χ1v) is 5.87. The molecule has 0 radical (unpaired) electrons. The molecule has 0 amide bonds. The number of hydrogen-bond donors (Lipinski definition) is 1. The minimum absolute atomic E-state index is 0.125. The first kappa shape index (κ1) is 13.1. The van der Waals surface area contributed by atoms with Gasteiger partial charge in [-0.25, -0.2) is 0 Å². The summed E-state index contributed by atoms with van der Waals surface area (Å²) in [5.41, 5.74) is 7.95. The number of anilines is 1. The Morgan fingerprint density at radius 1 is 1.32 bits per heavy atom. The molecule has 0 aliphatic carbocycles. The lowest BCUT2D eigenvalue weighted by Crippen LogP contribution is -2.01. The summed E-state index contributed by atoms with van der Waals surface area (Å²) < 4.78 is 5.54. The predicted octanol–water partition coefficient (Wildman–Crippen LogP) is 2.99. The van der Waals surface area contributed by atoms with Crippen LogP contribution < -0.4 is 10.5 Å². The van der Waals surface area contributed by atoms with Crippen molar-refractivity contribution >= 4 is 17.3 Å². The van der Waals surface area contributed by atoms with E-state index < -0.39 is 0 Å². The Bertz CT molecular complexity index is 679. The molecule has 0 unspecified atom stereocenters. The molecule has 0 saturated carbocycles. The third-order valence-electron chi connectivity index (χ3n) is 2.72. The number of halogens is 1. The molecule has 0 bridgehead atoms. The molecular weight excluding hydrogens is 264 g/mol. The number of nitrogen functional groups attached to an aromatic ring is 1. The van der Waals surface area contributed by atoms with E-state index in [9.17, 15) is 5.26 Å². The second-order valence-corrected chi connectivity index (χ2v) is 4.42. The molecule has 0 fully saturated rings. The van der Waals surface area contributed by atoms with Crippen molar-refractivity contribution in [1.82, 2.24) is 10.2 Å². The molecule has 0 spiro atoms. The maximum Gasteiger partial charge on any atom is 0.257 e. The number of ether oxygens (including phenoxy) is 1. The van der Waals surface area contributed by atoms with E-state index >= 15 is 0 Å². The highest BCUT2D eigenvalue weighted by Crippen LogP contribution is 2.31. The van der Waals surface area contributed by atoms with Crippen LogP contribution in [0, 0.1) is 25.2 Å². The van der Waals surface area contributed by atoms with Crippen LogP contribution in [0.5, 0.6) is 11.6 Å². The number of nitrogens with two attached hydrogens (primary N) is 1. The lowest BCUT2D eigenvalue weighted by molar-refractivity contribution is 0.454. The summed E-state index contributed by atoms with van der Waals surface area (Å²) in [4.78, 5) is 0. The van der Waals surface area contributed by atoms with Crippen molar-refractivity contribution in [2.75, 3.05) is 5.73 Å². The smallest absolute Gasteiger partial charge is 0.257 e. The maximum atomic E-state index is 9.17. The molecule has 0 saturated heterocycles. The molecule has 0 aliphatic rings. The van der Waals surface area contributed by atoms with E-state index in [1.54, 1.807) is 32.0 Å². The van der Waals surface area contributed by atoms with Gasteiger partial charge in [-0.05, 0) is 31.5 Å². The van der Waals surface area contributed by atoms with E-state index in [0.29, 0.717) is 27.7 Å². The van der Waals surface area contributed by atoms with E-state index in [1.807, 2.05) is 0 Å². The van der Waals surface area contributed by atoms with Crippen LogP contribution in [0.2, 0.25) is 5.02 Å². The normalized spacial score (nSPS) is 10.0. The maximum absolute atomic E-state index is 9.17. The average Bonchev–Trinajstić information content (AvgIpc) is 2.38. The Hall–Kier alpha value is -2.32. The van der Waals surface area contributed by atoms with Crippen LogP contribution in [0.15, 0.2) is 18.2 Å². The van der Waals surface area contributed by atoms with Gasteiger partial charge < -0.3 is 10.5 Å². The van der Waals surface area contributed by atoms with Crippen LogP contribution in [0.4, 0.5) is 5.69 Å². The van der Waals surface area contributed by atoms with Crippen molar-refractivity contribution < 1.29 is 4.74 Å². The first-order valence-electron chi connectivity index (χ1n) is 5.49. The molecule has 1 aromatic heterocycles. The molecule has 0 atom stereocenters. The zero-order valence-electron chi connectivity index (χ0n) is 10.4.